The van der Waals surface area contributed by atoms with Gasteiger partial charge in [-0.15, -0.1) is 0 Å². The quantitative estimate of drug-likeness (QED) is 0.611. The maximum Gasteiger partial charge on any atom is 0.365 e. The molecule has 0 unspecified atom stereocenters. The first-order valence-electron chi connectivity index (χ1n) is 3.40. The van der Waals surface area contributed by atoms with Crippen LogP contribution in [0.25, 0.3) is 0 Å². The Balaban J connectivity index is 3.03. The van der Waals surface area contributed by atoms with E-state index >= 15 is 0 Å². The number of hydrogen-bond donors (Lipinski definition) is 0. The molecule has 0 saturated heterocycles. The molecule has 0 aliphatic heterocycles. The third-order valence-electron chi connectivity index (χ3n) is 1.34. The van der Waals surface area contributed by atoms with Crippen molar-refractivity contribution in [1.82, 2.24) is 4.98 Å². The predicted molar refractivity (Wildman–Crippen MR) is 48.5 cm³/mol. The summed E-state index contributed by atoms with van der Waals surface area (Å²) in [6, 6.07) is 3.26. The van der Waals surface area contributed by atoms with E-state index in [2.05, 4.69) is 4.98 Å². The zero-order chi connectivity index (χ0) is 9.19. The summed E-state index contributed by atoms with van der Waals surface area (Å²) in [6.45, 7) is 0. The van der Waals surface area contributed by atoms with Gasteiger partial charge >= 0.3 is 5.12 Å². The molecule has 0 bridgehead atoms. The molecule has 64 valence electrons. The smallest absolute Gasteiger partial charge is 0.264 e. The van der Waals surface area contributed by atoms with E-state index in [-0.39, 0.29) is 5.12 Å². The average molecular weight is 184 g/mol. The van der Waals surface area contributed by atoms with Crippen LogP contribution in [0, 0.1) is 0 Å². The van der Waals surface area contributed by atoms with E-state index in [1.54, 1.807) is 18.3 Å². The SMILES string of the molecule is C[S+](C)(=O)C(=O)c1cccnc1. The first-order chi connectivity index (χ1) is 5.52. The Labute approximate surface area is 72.2 Å². The Morgan fingerprint density at radius 1 is 1.50 bits per heavy atom. The molecule has 0 saturated carbocycles. The minimum Gasteiger partial charge on any atom is -0.264 e. The van der Waals surface area contributed by atoms with Crippen LogP contribution in [0.15, 0.2) is 24.5 Å². The third kappa shape index (κ3) is 1.98. The molecule has 0 radical (unpaired) electrons. The van der Waals surface area contributed by atoms with Crippen molar-refractivity contribution in [3.8, 4) is 0 Å². The van der Waals surface area contributed by atoms with Gasteiger partial charge in [0.2, 0.25) is 0 Å². The molecule has 0 spiro atoms. The van der Waals surface area contributed by atoms with Gasteiger partial charge in [0.1, 0.15) is 22.4 Å². The average Bonchev–Trinajstić information content (AvgIpc) is 2.03. The topological polar surface area (TPSA) is 47.0 Å². The van der Waals surface area contributed by atoms with Crippen molar-refractivity contribution in [2.24, 2.45) is 0 Å². The molecule has 0 aliphatic rings. The highest BCUT2D eigenvalue weighted by molar-refractivity contribution is 8.15. The molecule has 0 N–H and O–H groups in total. The molecule has 0 fully saturated rings. The summed E-state index contributed by atoms with van der Waals surface area (Å²) in [5.74, 6) is 0. The maximum absolute atomic E-state index is 11.4. The Kier molecular flexibility index (Phi) is 2.38. The maximum atomic E-state index is 11.4. The monoisotopic (exact) mass is 184 g/mol. The number of nitrogens with zero attached hydrogens (tertiary/aromatic N) is 1. The summed E-state index contributed by atoms with van der Waals surface area (Å²) in [5, 5.41) is -0.337. The zero-order valence-corrected chi connectivity index (χ0v) is 7.80. The van der Waals surface area contributed by atoms with Gasteiger partial charge in [-0.05, 0) is 12.1 Å². The zero-order valence-electron chi connectivity index (χ0n) is 6.98. The molecule has 1 aromatic heterocycles. The fourth-order valence-electron chi connectivity index (χ4n) is 0.767. The first kappa shape index (κ1) is 9.06. The molecule has 0 amide bonds. The molecule has 0 aliphatic carbocycles. The first-order valence-corrected chi connectivity index (χ1v) is 5.78. The standard InChI is InChI=1S/C8H10NO2S/c1-12(2,11)8(10)7-4-3-5-9-6-7/h3-6H,1-2H3/q+1. The van der Waals surface area contributed by atoms with Crippen LogP contribution in [0.4, 0.5) is 0 Å². The molecule has 0 atom stereocenters. The van der Waals surface area contributed by atoms with Crippen molar-refractivity contribution in [2.45, 2.75) is 0 Å². The molecule has 1 aromatic rings. The summed E-state index contributed by atoms with van der Waals surface area (Å²) in [5.41, 5.74) is 0.410. The van der Waals surface area contributed by atoms with Crippen LogP contribution in [0.5, 0.6) is 0 Å². The van der Waals surface area contributed by atoms with Gasteiger partial charge in [-0.25, -0.2) is 4.79 Å². The van der Waals surface area contributed by atoms with Crippen LogP contribution in [0.3, 0.4) is 0 Å². The summed E-state index contributed by atoms with van der Waals surface area (Å²) < 4.78 is 11.3. The van der Waals surface area contributed by atoms with Gasteiger partial charge in [0.15, 0.2) is 0 Å². The molecular formula is C8H10NO2S+. The highest BCUT2D eigenvalue weighted by Crippen LogP contribution is 2.06. The molecule has 12 heavy (non-hydrogen) atoms. The van der Waals surface area contributed by atoms with Gasteiger partial charge < -0.3 is 0 Å². The third-order valence-corrected chi connectivity index (χ3v) is 2.47. The summed E-state index contributed by atoms with van der Waals surface area (Å²) >= 11 is 0. The largest absolute Gasteiger partial charge is 0.365 e. The Bertz CT molecular complexity index is 328. The molecule has 3 nitrogen and oxygen atoms in total. The van der Waals surface area contributed by atoms with Gasteiger partial charge in [0, 0.05) is 12.4 Å². The van der Waals surface area contributed by atoms with Crippen molar-refractivity contribution in [3.05, 3.63) is 30.1 Å². The molecule has 4 heteroatoms. The second-order valence-electron chi connectivity index (χ2n) is 2.76. The Morgan fingerprint density at radius 2 is 2.17 bits per heavy atom. The van der Waals surface area contributed by atoms with Gasteiger partial charge in [0.05, 0.1) is 5.56 Å². The normalized spacial score (nSPS) is 11.2. The molecule has 0 aromatic carbocycles. The number of aromatic nitrogens is 1. The lowest BCUT2D eigenvalue weighted by atomic mass is 10.3. The van der Waals surface area contributed by atoms with Crippen molar-refractivity contribution < 1.29 is 9.00 Å². The number of pyridine rings is 1. The van der Waals surface area contributed by atoms with E-state index in [1.165, 1.54) is 18.7 Å². The lowest BCUT2D eigenvalue weighted by Gasteiger charge is -1.97. The predicted octanol–water partition coefficient (Wildman–Crippen LogP) is 0.981. The fourth-order valence-corrected chi connectivity index (χ4v) is 1.46. The second kappa shape index (κ2) is 3.15. The molecule has 1 heterocycles. The van der Waals surface area contributed by atoms with Crippen LogP contribution < -0.4 is 0 Å². The van der Waals surface area contributed by atoms with Gasteiger partial charge in [-0.3, -0.25) is 4.98 Å². The second-order valence-corrected chi connectivity index (χ2v) is 5.60. The van der Waals surface area contributed by atoms with E-state index in [0.29, 0.717) is 5.56 Å². The lowest BCUT2D eigenvalue weighted by molar-refractivity contribution is 0.107. The number of carbonyl (C=O) groups is 1. The lowest BCUT2D eigenvalue weighted by Crippen LogP contribution is -2.18. The number of hydrogen-bond acceptors (Lipinski definition) is 3. The van der Waals surface area contributed by atoms with Gasteiger partial charge in [-0.2, -0.15) is 0 Å². The molecule has 1 rings (SSSR count). The van der Waals surface area contributed by atoms with Crippen molar-refractivity contribution in [1.29, 1.82) is 0 Å². The van der Waals surface area contributed by atoms with E-state index in [1.807, 2.05) is 0 Å². The Hall–Kier alpha value is -1.03. The highest BCUT2D eigenvalue weighted by Gasteiger charge is 2.27. The van der Waals surface area contributed by atoms with Crippen molar-refractivity contribution >= 4 is 15.0 Å². The van der Waals surface area contributed by atoms with Crippen molar-refractivity contribution in [2.75, 3.05) is 12.5 Å². The van der Waals surface area contributed by atoms with Crippen LogP contribution in [-0.2, 0) is 14.1 Å². The van der Waals surface area contributed by atoms with Crippen molar-refractivity contribution in [3.63, 3.8) is 0 Å². The van der Waals surface area contributed by atoms with E-state index in [0.717, 1.165) is 0 Å². The van der Waals surface area contributed by atoms with E-state index < -0.39 is 9.93 Å². The van der Waals surface area contributed by atoms with Gasteiger partial charge in [0.25, 0.3) is 0 Å². The fraction of sp³-hybridized carbons (Fsp3) is 0.250. The minimum atomic E-state index is -2.38. The number of rotatable bonds is 1. The van der Waals surface area contributed by atoms with E-state index in [9.17, 15) is 9.00 Å². The van der Waals surface area contributed by atoms with Crippen LogP contribution >= 0.6 is 0 Å². The van der Waals surface area contributed by atoms with Crippen LogP contribution in [0.1, 0.15) is 10.4 Å². The Morgan fingerprint density at radius 3 is 2.58 bits per heavy atom. The number of carbonyl (C=O) groups excluding carboxylic acids is 1. The highest BCUT2D eigenvalue weighted by atomic mass is 32.2. The summed E-state index contributed by atoms with van der Waals surface area (Å²) in [6.07, 6.45) is 5.86. The minimum absolute atomic E-state index is 0.337. The molecular weight excluding hydrogens is 174 g/mol. The summed E-state index contributed by atoms with van der Waals surface area (Å²) in [4.78, 5) is 15.1. The van der Waals surface area contributed by atoms with Crippen LogP contribution in [0.2, 0.25) is 0 Å². The van der Waals surface area contributed by atoms with Crippen LogP contribution in [-0.4, -0.2) is 22.6 Å². The van der Waals surface area contributed by atoms with E-state index in [4.69, 9.17) is 0 Å². The summed E-state index contributed by atoms with van der Waals surface area (Å²) in [7, 11) is -2.38. The van der Waals surface area contributed by atoms with Gasteiger partial charge in [-0.1, -0.05) is 4.21 Å².